The maximum Gasteiger partial charge on any atom is 0.324 e. The standard InChI is InChI=1S/C23H23NO5S/c1-18-13-15-21(16-14-18)30(27,28)24-22(23(26)29-2)12-7-11-20-9-4-3-8-19(20)10-5-6-17-25/h3-4,8-9,13-16,22,24-25H,6,12,17H2,1-2H3/t22-/m1/s1. The topological polar surface area (TPSA) is 92.7 Å². The number of aliphatic hydroxyl groups is 1. The number of rotatable bonds is 6. The van der Waals surface area contributed by atoms with Gasteiger partial charge in [-0.05, 0) is 31.2 Å². The van der Waals surface area contributed by atoms with Crippen LogP contribution in [0.5, 0.6) is 0 Å². The van der Waals surface area contributed by atoms with Gasteiger partial charge in [0.05, 0.1) is 18.6 Å². The number of carbonyl (C=O) groups excluding carboxylic acids is 1. The highest BCUT2D eigenvalue weighted by molar-refractivity contribution is 7.89. The van der Waals surface area contributed by atoms with Crippen LogP contribution in [0.3, 0.4) is 0 Å². The molecule has 0 aliphatic heterocycles. The highest BCUT2D eigenvalue weighted by Gasteiger charge is 2.25. The lowest BCUT2D eigenvalue weighted by atomic mass is 10.1. The Morgan fingerprint density at radius 2 is 1.67 bits per heavy atom. The summed E-state index contributed by atoms with van der Waals surface area (Å²) in [5.74, 6) is 10.8. The molecule has 0 amide bonds. The van der Waals surface area contributed by atoms with Crippen LogP contribution in [0.15, 0.2) is 53.4 Å². The average molecular weight is 426 g/mol. The van der Waals surface area contributed by atoms with Crippen LogP contribution >= 0.6 is 0 Å². The third-order valence-corrected chi connectivity index (χ3v) is 5.52. The van der Waals surface area contributed by atoms with Crippen molar-refractivity contribution >= 4 is 16.0 Å². The summed E-state index contributed by atoms with van der Waals surface area (Å²) in [6, 6.07) is 12.3. The second kappa shape index (κ2) is 11.2. The largest absolute Gasteiger partial charge is 0.468 e. The normalized spacial score (nSPS) is 11.4. The van der Waals surface area contributed by atoms with E-state index in [1.165, 1.54) is 19.2 Å². The number of nitrogens with one attached hydrogen (secondary N) is 1. The monoisotopic (exact) mass is 425 g/mol. The number of esters is 1. The predicted octanol–water partition coefficient (Wildman–Crippen LogP) is 1.99. The summed E-state index contributed by atoms with van der Waals surface area (Å²) < 4.78 is 32.3. The molecule has 2 aromatic rings. The van der Waals surface area contributed by atoms with E-state index in [0.717, 1.165) is 5.56 Å². The first-order valence-corrected chi connectivity index (χ1v) is 10.7. The molecular formula is C23H23NO5S. The lowest BCUT2D eigenvalue weighted by Gasteiger charge is -2.14. The molecule has 0 aliphatic carbocycles. The van der Waals surface area contributed by atoms with Crippen molar-refractivity contribution in [3.63, 3.8) is 0 Å². The number of hydrogen-bond acceptors (Lipinski definition) is 5. The summed E-state index contributed by atoms with van der Waals surface area (Å²) in [5.41, 5.74) is 2.26. The molecule has 2 aromatic carbocycles. The number of aliphatic hydroxyl groups excluding tert-OH is 1. The average Bonchev–Trinajstić information content (AvgIpc) is 2.74. The highest BCUT2D eigenvalue weighted by Crippen LogP contribution is 2.12. The second-order valence-electron chi connectivity index (χ2n) is 6.34. The van der Waals surface area contributed by atoms with Crippen molar-refractivity contribution in [1.82, 2.24) is 4.72 Å². The van der Waals surface area contributed by atoms with Crippen LogP contribution in [-0.2, 0) is 19.6 Å². The Balaban J connectivity index is 2.21. The summed E-state index contributed by atoms with van der Waals surface area (Å²) in [6.07, 6.45) is 0.281. The van der Waals surface area contributed by atoms with E-state index >= 15 is 0 Å². The molecule has 0 unspecified atom stereocenters. The SMILES string of the molecule is COC(=O)[C@@H](CC#Cc1ccccc1C#CCCO)NS(=O)(=O)c1ccc(C)cc1. The summed E-state index contributed by atoms with van der Waals surface area (Å²) in [4.78, 5) is 12.2. The fraction of sp³-hybridized carbons (Fsp3) is 0.261. The van der Waals surface area contributed by atoms with Crippen molar-refractivity contribution in [1.29, 1.82) is 0 Å². The van der Waals surface area contributed by atoms with E-state index in [-0.39, 0.29) is 17.9 Å². The van der Waals surface area contributed by atoms with Crippen LogP contribution in [-0.4, -0.2) is 39.3 Å². The van der Waals surface area contributed by atoms with Crippen molar-refractivity contribution in [2.24, 2.45) is 0 Å². The Labute approximate surface area is 177 Å². The third-order valence-electron chi connectivity index (χ3n) is 4.03. The van der Waals surface area contributed by atoms with Gasteiger partial charge in [0.25, 0.3) is 0 Å². The van der Waals surface area contributed by atoms with Gasteiger partial charge < -0.3 is 9.84 Å². The Hall–Kier alpha value is -3.10. The van der Waals surface area contributed by atoms with Crippen LogP contribution in [0.2, 0.25) is 0 Å². The molecular weight excluding hydrogens is 402 g/mol. The molecule has 0 heterocycles. The van der Waals surface area contributed by atoms with E-state index in [1.807, 2.05) is 13.0 Å². The predicted molar refractivity (Wildman–Crippen MR) is 114 cm³/mol. The molecule has 6 nitrogen and oxygen atoms in total. The fourth-order valence-electron chi connectivity index (χ4n) is 2.45. The van der Waals surface area contributed by atoms with Crippen molar-refractivity contribution in [3.8, 4) is 23.7 Å². The minimum atomic E-state index is -3.91. The fourth-order valence-corrected chi connectivity index (χ4v) is 3.64. The summed E-state index contributed by atoms with van der Waals surface area (Å²) in [5, 5.41) is 8.85. The Morgan fingerprint density at radius 1 is 1.07 bits per heavy atom. The zero-order valence-electron chi connectivity index (χ0n) is 16.8. The van der Waals surface area contributed by atoms with Gasteiger partial charge in [-0.25, -0.2) is 8.42 Å². The molecule has 0 bridgehead atoms. The van der Waals surface area contributed by atoms with Crippen LogP contribution in [0.4, 0.5) is 0 Å². The van der Waals surface area contributed by atoms with Gasteiger partial charge in [-0.3, -0.25) is 4.79 Å². The van der Waals surface area contributed by atoms with Crippen molar-refractivity contribution < 1.29 is 23.1 Å². The maximum atomic E-state index is 12.6. The lowest BCUT2D eigenvalue weighted by molar-refractivity contribution is -0.142. The summed E-state index contributed by atoms with van der Waals surface area (Å²) >= 11 is 0. The van der Waals surface area contributed by atoms with Crippen LogP contribution in [0.1, 0.15) is 29.5 Å². The zero-order valence-corrected chi connectivity index (χ0v) is 17.6. The summed E-state index contributed by atoms with van der Waals surface area (Å²) in [7, 11) is -2.72. The molecule has 1 atom stereocenters. The molecule has 0 aliphatic rings. The molecule has 2 rings (SSSR count). The van der Waals surface area contributed by atoms with E-state index in [1.54, 1.807) is 30.3 Å². The van der Waals surface area contributed by atoms with Crippen molar-refractivity contribution in [2.45, 2.75) is 30.7 Å². The Morgan fingerprint density at radius 3 is 2.23 bits per heavy atom. The third kappa shape index (κ3) is 6.75. The first-order chi connectivity index (χ1) is 14.4. The van der Waals surface area contributed by atoms with Gasteiger partial charge in [0.15, 0.2) is 0 Å². The van der Waals surface area contributed by atoms with Crippen molar-refractivity contribution in [3.05, 3.63) is 65.2 Å². The van der Waals surface area contributed by atoms with Crippen LogP contribution in [0, 0.1) is 30.6 Å². The molecule has 7 heteroatoms. The number of ether oxygens (including phenoxy) is 1. The number of sulfonamides is 1. The van der Waals surface area contributed by atoms with E-state index in [4.69, 9.17) is 9.84 Å². The van der Waals surface area contributed by atoms with Crippen LogP contribution in [0.25, 0.3) is 0 Å². The van der Waals surface area contributed by atoms with E-state index in [2.05, 4.69) is 28.4 Å². The minimum Gasteiger partial charge on any atom is -0.468 e. The summed E-state index contributed by atoms with van der Waals surface area (Å²) in [6.45, 7) is 1.82. The molecule has 0 aromatic heterocycles. The first-order valence-electron chi connectivity index (χ1n) is 9.22. The number of methoxy groups -OCH3 is 1. The highest BCUT2D eigenvalue weighted by atomic mass is 32.2. The molecule has 0 spiro atoms. The lowest BCUT2D eigenvalue weighted by Crippen LogP contribution is -2.41. The molecule has 156 valence electrons. The minimum absolute atomic E-state index is 0.0250. The van der Waals surface area contributed by atoms with Gasteiger partial charge in [0.2, 0.25) is 10.0 Å². The van der Waals surface area contributed by atoms with Gasteiger partial charge in [-0.2, -0.15) is 4.72 Å². The number of benzene rings is 2. The quantitative estimate of drug-likeness (QED) is 0.546. The van der Waals surface area contributed by atoms with E-state index < -0.39 is 22.0 Å². The van der Waals surface area contributed by atoms with Gasteiger partial charge >= 0.3 is 5.97 Å². The second-order valence-corrected chi connectivity index (χ2v) is 8.05. The molecule has 0 saturated carbocycles. The Bertz CT molecular complexity index is 1100. The molecule has 0 radical (unpaired) electrons. The maximum absolute atomic E-state index is 12.6. The van der Waals surface area contributed by atoms with Crippen molar-refractivity contribution in [2.75, 3.05) is 13.7 Å². The van der Waals surface area contributed by atoms with E-state index in [0.29, 0.717) is 17.5 Å². The van der Waals surface area contributed by atoms with Gasteiger partial charge in [0, 0.05) is 24.0 Å². The molecule has 30 heavy (non-hydrogen) atoms. The van der Waals surface area contributed by atoms with Crippen LogP contribution < -0.4 is 4.72 Å². The number of aryl methyl sites for hydroxylation is 1. The number of carbonyl (C=O) groups is 1. The molecule has 0 saturated heterocycles. The zero-order chi connectivity index (χ0) is 22.0. The van der Waals surface area contributed by atoms with Gasteiger partial charge in [0.1, 0.15) is 6.04 Å². The number of hydrogen-bond donors (Lipinski definition) is 2. The molecule has 0 fully saturated rings. The van der Waals surface area contributed by atoms with E-state index in [9.17, 15) is 13.2 Å². The Kier molecular flexibility index (Phi) is 8.64. The van der Waals surface area contributed by atoms with Gasteiger partial charge in [-0.15, -0.1) is 0 Å². The van der Waals surface area contributed by atoms with Gasteiger partial charge in [-0.1, -0.05) is 53.5 Å². The first kappa shape index (κ1) is 23.2. The smallest absolute Gasteiger partial charge is 0.324 e. The molecule has 2 N–H and O–H groups in total.